The maximum atomic E-state index is 6.28. The second kappa shape index (κ2) is 11.9. The summed E-state index contributed by atoms with van der Waals surface area (Å²) in [6.45, 7) is 6.72. The Labute approximate surface area is 188 Å². The lowest BCUT2D eigenvalue weighted by Crippen LogP contribution is -2.22. The lowest BCUT2D eigenvalue weighted by atomic mass is 10.2. The van der Waals surface area contributed by atoms with Gasteiger partial charge in [0, 0.05) is 5.69 Å². The number of benzene rings is 2. The van der Waals surface area contributed by atoms with Crippen molar-refractivity contribution in [3.63, 3.8) is 0 Å². The molecule has 0 amide bonds. The molecule has 0 spiro atoms. The largest absolute Gasteiger partial charge is 0.493 e. The highest BCUT2D eigenvalue weighted by Gasteiger charge is 2.11. The van der Waals surface area contributed by atoms with Crippen LogP contribution in [0.4, 0.5) is 5.69 Å². The van der Waals surface area contributed by atoms with E-state index in [1.165, 1.54) is 0 Å². The van der Waals surface area contributed by atoms with Crippen molar-refractivity contribution in [1.29, 1.82) is 0 Å². The van der Waals surface area contributed by atoms with Crippen LogP contribution in [0.15, 0.2) is 41.4 Å². The molecule has 2 aromatic rings. The third-order valence-corrected chi connectivity index (χ3v) is 3.79. The van der Waals surface area contributed by atoms with Crippen molar-refractivity contribution in [2.45, 2.75) is 33.4 Å². The summed E-state index contributed by atoms with van der Waals surface area (Å²) in [4.78, 5) is 4.35. The maximum Gasteiger partial charge on any atom is 0.193 e. The van der Waals surface area contributed by atoms with E-state index >= 15 is 0 Å². The molecule has 6 nitrogen and oxygen atoms in total. The van der Waals surface area contributed by atoms with Crippen LogP contribution in [-0.4, -0.2) is 25.8 Å². The van der Waals surface area contributed by atoms with Crippen LogP contribution in [0.25, 0.3) is 0 Å². The highest BCUT2D eigenvalue weighted by Crippen LogP contribution is 2.36. The molecule has 0 aromatic heterocycles. The summed E-state index contributed by atoms with van der Waals surface area (Å²) in [7, 11) is 1.57. The van der Waals surface area contributed by atoms with Gasteiger partial charge in [-0.15, -0.1) is 24.0 Å². The smallest absolute Gasteiger partial charge is 0.193 e. The fourth-order valence-corrected chi connectivity index (χ4v) is 2.69. The Kier molecular flexibility index (Phi) is 10.2. The van der Waals surface area contributed by atoms with Crippen molar-refractivity contribution in [2.75, 3.05) is 19.0 Å². The van der Waals surface area contributed by atoms with Gasteiger partial charge >= 0.3 is 0 Å². The molecule has 0 aliphatic carbocycles. The van der Waals surface area contributed by atoms with Crippen molar-refractivity contribution >= 4 is 47.2 Å². The molecule has 0 fully saturated rings. The first-order valence-corrected chi connectivity index (χ1v) is 9.13. The first kappa shape index (κ1) is 24.2. The van der Waals surface area contributed by atoms with Gasteiger partial charge in [-0.1, -0.05) is 11.6 Å². The predicted octanol–water partition coefficient (Wildman–Crippen LogP) is 5.08. The summed E-state index contributed by atoms with van der Waals surface area (Å²) < 4.78 is 16.5. The van der Waals surface area contributed by atoms with Crippen LogP contribution in [0.3, 0.4) is 0 Å². The number of halogens is 2. The lowest BCUT2D eigenvalue weighted by Gasteiger charge is -2.13. The van der Waals surface area contributed by atoms with Crippen LogP contribution >= 0.6 is 35.6 Å². The highest BCUT2D eigenvalue weighted by atomic mass is 127. The number of ether oxygens (including phenoxy) is 3. The van der Waals surface area contributed by atoms with Crippen LogP contribution < -0.4 is 25.3 Å². The van der Waals surface area contributed by atoms with E-state index in [9.17, 15) is 0 Å². The SMILES string of the molecule is CCOc1c(Cl)cc(CN=C(N)Nc2ccc(OC(C)C)cc2)cc1OC.I. The summed E-state index contributed by atoms with van der Waals surface area (Å²) in [5, 5.41) is 3.53. The fourth-order valence-electron chi connectivity index (χ4n) is 2.40. The maximum absolute atomic E-state index is 6.28. The van der Waals surface area contributed by atoms with Crippen molar-refractivity contribution in [3.8, 4) is 17.2 Å². The minimum atomic E-state index is 0. The van der Waals surface area contributed by atoms with Gasteiger partial charge < -0.3 is 25.3 Å². The third kappa shape index (κ3) is 7.27. The molecule has 8 heteroatoms. The van der Waals surface area contributed by atoms with Crippen LogP contribution in [0.1, 0.15) is 26.3 Å². The lowest BCUT2D eigenvalue weighted by molar-refractivity contribution is 0.242. The van der Waals surface area contributed by atoms with E-state index in [0.29, 0.717) is 35.6 Å². The Morgan fingerprint density at radius 2 is 1.89 bits per heavy atom. The third-order valence-electron chi connectivity index (χ3n) is 3.51. The zero-order chi connectivity index (χ0) is 19.8. The molecule has 2 rings (SSSR count). The van der Waals surface area contributed by atoms with Crippen molar-refractivity contribution in [2.24, 2.45) is 10.7 Å². The summed E-state index contributed by atoms with van der Waals surface area (Å²) in [5.41, 5.74) is 7.67. The van der Waals surface area contributed by atoms with Gasteiger partial charge in [0.25, 0.3) is 0 Å². The summed E-state index contributed by atoms with van der Waals surface area (Å²) >= 11 is 6.28. The van der Waals surface area contributed by atoms with E-state index in [1.807, 2.05) is 51.1 Å². The number of hydrogen-bond acceptors (Lipinski definition) is 4. The fraction of sp³-hybridized carbons (Fsp3) is 0.350. The monoisotopic (exact) mass is 519 g/mol. The first-order valence-electron chi connectivity index (χ1n) is 8.75. The molecule has 0 heterocycles. The molecule has 0 bridgehead atoms. The molecule has 2 aromatic carbocycles. The highest BCUT2D eigenvalue weighted by molar-refractivity contribution is 14.0. The molecule has 28 heavy (non-hydrogen) atoms. The predicted molar refractivity (Wildman–Crippen MR) is 126 cm³/mol. The van der Waals surface area contributed by atoms with Gasteiger partial charge in [-0.3, -0.25) is 0 Å². The number of methoxy groups -OCH3 is 1. The minimum absolute atomic E-state index is 0. The molecule has 0 aliphatic heterocycles. The van der Waals surface area contributed by atoms with E-state index in [1.54, 1.807) is 13.2 Å². The quantitative estimate of drug-likeness (QED) is 0.289. The van der Waals surface area contributed by atoms with E-state index in [4.69, 9.17) is 31.5 Å². The van der Waals surface area contributed by atoms with Crippen LogP contribution in [0.2, 0.25) is 5.02 Å². The number of guanidine groups is 1. The van der Waals surface area contributed by atoms with Crippen molar-refractivity contribution < 1.29 is 14.2 Å². The number of nitrogens with zero attached hydrogens (tertiary/aromatic N) is 1. The Morgan fingerprint density at radius 3 is 2.46 bits per heavy atom. The molecule has 0 saturated heterocycles. The van der Waals surface area contributed by atoms with E-state index in [0.717, 1.165) is 17.0 Å². The van der Waals surface area contributed by atoms with Gasteiger partial charge in [0.15, 0.2) is 17.5 Å². The second-order valence-corrected chi connectivity index (χ2v) is 6.47. The molecule has 0 aliphatic rings. The average molecular weight is 520 g/mol. The number of nitrogens with two attached hydrogens (primary N) is 1. The van der Waals surface area contributed by atoms with Gasteiger partial charge in [-0.2, -0.15) is 0 Å². The number of anilines is 1. The Bertz CT molecular complexity index is 783. The number of nitrogens with one attached hydrogen (secondary N) is 1. The molecule has 154 valence electrons. The molecular formula is C20H27ClIN3O3. The van der Waals surface area contributed by atoms with Gasteiger partial charge in [0.1, 0.15) is 5.75 Å². The average Bonchev–Trinajstić information content (AvgIpc) is 2.63. The molecule has 0 atom stereocenters. The first-order chi connectivity index (χ1) is 12.9. The van der Waals surface area contributed by atoms with Gasteiger partial charge in [-0.25, -0.2) is 4.99 Å². The van der Waals surface area contributed by atoms with Crippen molar-refractivity contribution in [3.05, 3.63) is 47.0 Å². The number of hydrogen-bond donors (Lipinski definition) is 2. The Hall–Kier alpha value is -1.87. The topological polar surface area (TPSA) is 78.1 Å². The van der Waals surface area contributed by atoms with E-state index in [-0.39, 0.29) is 30.1 Å². The summed E-state index contributed by atoms with van der Waals surface area (Å²) in [6.07, 6.45) is 0.133. The molecule has 3 N–H and O–H groups in total. The van der Waals surface area contributed by atoms with Crippen molar-refractivity contribution in [1.82, 2.24) is 0 Å². The van der Waals surface area contributed by atoms with Gasteiger partial charge in [-0.05, 0) is 62.7 Å². The summed E-state index contributed by atoms with van der Waals surface area (Å²) in [5.74, 6) is 2.21. The summed E-state index contributed by atoms with van der Waals surface area (Å²) in [6, 6.07) is 11.2. The Balaban J connectivity index is 0.00000392. The Morgan fingerprint density at radius 1 is 1.21 bits per heavy atom. The number of rotatable bonds is 8. The molecule has 0 unspecified atom stereocenters. The normalized spacial score (nSPS) is 11.0. The molecule has 0 radical (unpaired) electrons. The zero-order valence-corrected chi connectivity index (χ0v) is 19.6. The molecular weight excluding hydrogens is 493 g/mol. The van der Waals surface area contributed by atoms with E-state index in [2.05, 4.69) is 10.3 Å². The minimum Gasteiger partial charge on any atom is -0.493 e. The van der Waals surface area contributed by atoms with Gasteiger partial charge in [0.05, 0.1) is 31.4 Å². The molecule has 0 saturated carbocycles. The standard InChI is InChI=1S/C20H26ClN3O3.HI/c1-5-26-19-17(21)10-14(11-18(19)25-4)12-23-20(22)24-15-6-8-16(9-7-15)27-13(2)3;/h6-11,13H,5,12H2,1-4H3,(H3,22,23,24);1H. The van der Waals surface area contributed by atoms with E-state index < -0.39 is 0 Å². The van der Waals surface area contributed by atoms with Crippen LogP contribution in [-0.2, 0) is 6.54 Å². The van der Waals surface area contributed by atoms with Crippen LogP contribution in [0, 0.1) is 0 Å². The van der Waals surface area contributed by atoms with Gasteiger partial charge in [0.2, 0.25) is 0 Å². The zero-order valence-electron chi connectivity index (χ0n) is 16.5. The van der Waals surface area contributed by atoms with Crippen LogP contribution in [0.5, 0.6) is 17.2 Å². The number of aliphatic imine (C=N–C) groups is 1. The second-order valence-electron chi connectivity index (χ2n) is 6.06.